The topological polar surface area (TPSA) is 31.4 Å². The predicted molar refractivity (Wildman–Crippen MR) is 92.7 cm³/mol. The lowest BCUT2D eigenvalue weighted by molar-refractivity contribution is -0.0948. The SMILES string of the molecule is COC1(c2ncc(CC(=S)c3ccccc3)s2)CCOCC1. The van der Waals surface area contributed by atoms with Gasteiger partial charge in [-0.25, -0.2) is 4.98 Å². The number of thiazole rings is 1. The molecule has 5 heteroatoms. The van der Waals surface area contributed by atoms with Gasteiger partial charge in [0.1, 0.15) is 10.6 Å². The fraction of sp³-hybridized carbons (Fsp3) is 0.412. The standard InChI is InChI=1S/C17H19NO2S2/c1-19-17(7-9-20-10-8-17)16-18-12-14(22-16)11-15(21)13-5-3-2-4-6-13/h2-6,12H,7-11H2,1H3. The van der Waals surface area contributed by atoms with E-state index in [0.29, 0.717) is 0 Å². The van der Waals surface area contributed by atoms with E-state index < -0.39 is 0 Å². The second-order valence-corrected chi connectivity index (χ2v) is 7.02. The molecule has 22 heavy (non-hydrogen) atoms. The van der Waals surface area contributed by atoms with Crippen LogP contribution in [0.4, 0.5) is 0 Å². The first-order valence-corrected chi connectivity index (χ1v) is 8.62. The van der Waals surface area contributed by atoms with E-state index in [1.54, 1.807) is 18.4 Å². The molecule has 1 aliphatic rings. The number of thiocarbonyl (C=S) groups is 1. The Kier molecular flexibility index (Phi) is 4.98. The Morgan fingerprint density at radius 3 is 2.73 bits per heavy atom. The van der Waals surface area contributed by atoms with Crippen LogP contribution in [0, 0.1) is 0 Å². The molecule has 1 aromatic heterocycles. The average Bonchev–Trinajstić information content (AvgIpc) is 3.05. The first-order valence-electron chi connectivity index (χ1n) is 7.40. The number of nitrogens with zero attached hydrogens (tertiary/aromatic N) is 1. The molecule has 0 radical (unpaired) electrons. The van der Waals surface area contributed by atoms with Crippen LogP contribution < -0.4 is 0 Å². The summed E-state index contributed by atoms with van der Waals surface area (Å²) in [7, 11) is 1.76. The first kappa shape index (κ1) is 15.7. The normalized spacial score (nSPS) is 17.3. The zero-order chi connectivity index (χ0) is 15.4. The van der Waals surface area contributed by atoms with Crippen molar-refractivity contribution in [3.63, 3.8) is 0 Å². The van der Waals surface area contributed by atoms with Gasteiger partial charge in [0.2, 0.25) is 0 Å². The van der Waals surface area contributed by atoms with Crippen molar-refractivity contribution < 1.29 is 9.47 Å². The molecule has 3 nitrogen and oxygen atoms in total. The third-order valence-corrected chi connectivity index (χ3v) is 5.63. The second-order valence-electron chi connectivity index (χ2n) is 5.41. The van der Waals surface area contributed by atoms with Gasteiger partial charge in [-0.3, -0.25) is 0 Å². The molecule has 116 valence electrons. The molecule has 0 saturated carbocycles. The molecule has 3 rings (SSSR count). The smallest absolute Gasteiger partial charge is 0.125 e. The third-order valence-electron chi connectivity index (χ3n) is 4.07. The molecule has 0 N–H and O–H groups in total. The third kappa shape index (κ3) is 3.27. The molecular formula is C17H19NO2S2. The largest absolute Gasteiger partial charge is 0.381 e. The Bertz CT molecular complexity index is 633. The average molecular weight is 333 g/mol. The molecule has 0 bridgehead atoms. The van der Waals surface area contributed by atoms with E-state index in [1.165, 1.54) is 4.88 Å². The summed E-state index contributed by atoms with van der Waals surface area (Å²) in [5.74, 6) is 0. The van der Waals surface area contributed by atoms with Gasteiger partial charge in [-0.1, -0.05) is 42.5 Å². The Morgan fingerprint density at radius 1 is 1.32 bits per heavy atom. The van der Waals surface area contributed by atoms with Gasteiger partial charge in [-0.2, -0.15) is 0 Å². The highest BCUT2D eigenvalue weighted by Crippen LogP contribution is 2.37. The number of methoxy groups -OCH3 is 1. The minimum atomic E-state index is -0.282. The van der Waals surface area contributed by atoms with Crippen LogP contribution in [0.25, 0.3) is 0 Å². The van der Waals surface area contributed by atoms with Crippen LogP contribution in [-0.2, 0) is 21.5 Å². The Labute approximate surface area is 140 Å². The molecular weight excluding hydrogens is 314 g/mol. The number of hydrogen-bond acceptors (Lipinski definition) is 5. The van der Waals surface area contributed by atoms with Crippen LogP contribution in [0.2, 0.25) is 0 Å². The molecule has 0 aliphatic carbocycles. The van der Waals surface area contributed by atoms with Crippen LogP contribution >= 0.6 is 23.6 Å². The summed E-state index contributed by atoms with van der Waals surface area (Å²) in [5.41, 5.74) is 0.829. The van der Waals surface area contributed by atoms with Crippen LogP contribution in [0.5, 0.6) is 0 Å². The fourth-order valence-corrected chi connectivity index (χ4v) is 4.22. The minimum Gasteiger partial charge on any atom is -0.381 e. The van der Waals surface area contributed by atoms with Crippen molar-refractivity contribution in [3.8, 4) is 0 Å². The van der Waals surface area contributed by atoms with E-state index in [-0.39, 0.29) is 5.60 Å². The van der Waals surface area contributed by atoms with Crippen molar-refractivity contribution in [2.75, 3.05) is 20.3 Å². The summed E-state index contributed by atoms with van der Waals surface area (Å²) in [6.07, 6.45) is 4.41. The van der Waals surface area contributed by atoms with Gasteiger partial charge in [0.15, 0.2) is 0 Å². The zero-order valence-electron chi connectivity index (χ0n) is 12.6. The number of hydrogen-bond donors (Lipinski definition) is 0. The highest BCUT2D eigenvalue weighted by molar-refractivity contribution is 7.80. The summed E-state index contributed by atoms with van der Waals surface area (Å²) >= 11 is 7.26. The van der Waals surface area contributed by atoms with Crippen molar-refractivity contribution in [1.29, 1.82) is 0 Å². The Balaban J connectivity index is 1.75. The van der Waals surface area contributed by atoms with Crippen molar-refractivity contribution >= 4 is 28.4 Å². The van der Waals surface area contributed by atoms with Gasteiger partial charge in [0.05, 0.1) is 0 Å². The Morgan fingerprint density at radius 2 is 2.05 bits per heavy atom. The first-order chi connectivity index (χ1) is 10.7. The predicted octanol–water partition coefficient (Wildman–Crippen LogP) is 3.76. The summed E-state index contributed by atoms with van der Waals surface area (Å²) in [6.45, 7) is 1.45. The van der Waals surface area contributed by atoms with Crippen LogP contribution in [0.3, 0.4) is 0 Å². The minimum absolute atomic E-state index is 0.282. The van der Waals surface area contributed by atoms with Crippen molar-refractivity contribution in [2.24, 2.45) is 0 Å². The molecule has 2 heterocycles. The summed E-state index contributed by atoms with van der Waals surface area (Å²) in [4.78, 5) is 6.75. The van der Waals surface area contributed by atoms with Gasteiger partial charge < -0.3 is 9.47 Å². The lowest BCUT2D eigenvalue weighted by Crippen LogP contribution is -2.35. The van der Waals surface area contributed by atoms with Crippen molar-refractivity contribution in [1.82, 2.24) is 4.98 Å². The van der Waals surface area contributed by atoms with E-state index in [2.05, 4.69) is 17.1 Å². The summed E-state index contributed by atoms with van der Waals surface area (Å²) in [5, 5.41) is 1.05. The van der Waals surface area contributed by atoms with Crippen molar-refractivity contribution in [2.45, 2.75) is 24.9 Å². The molecule has 0 spiro atoms. The van der Waals surface area contributed by atoms with Gasteiger partial charge in [-0.15, -0.1) is 11.3 Å². The van der Waals surface area contributed by atoms with E-state index in [9.17, 15) is 0 Å². The molecule has 1 fully saturated rings. The van der Waals surface area contributed by atoms with Gasteiger partial charge in [0, 0.05) is 55.5 Å². The second kappa shape index (κ2) is 6.96. The van der Waals surface area contributed by atoms with Crippen molar-refractivity contribution in [3.05, 3.63) is 52.0 Å². The molecule has 2 aromatic rings. The van der Waals surface area contributed by atoms with Gasteiger partial charge in [0.25, 0.3) is 0 Å². The highest BCUT2D eigenvalue weighted by atomic mass is 32.1. The zero-order valence-corrected chi connectivity index (χ0v) is 14.2. The molecule has 1 aromatic carbocycles. The lowest BCUT2D eigenvalue weighted by Gasteiger charge is -2.33. The maximum atomic E-state index is 5.80. The quantitative estimate of drug-likeness (QED) is 0.616. The maximum absolute atomic E-state index is 5.80. The van der Waals surface area contributed by atoms with Crippen LogP contribution in [0.1, 0.15) is 28.3 Å². The monoisotopic (exact) mass is 333 g/mol. The number of rotatable bonds is 5. The Hall–Kier alpha value is -1.14. The summed E-state index contributed by atoms with van der Waals surface area (Å²) < 4.78 is 11.3. The van der Waals surface area contributed by atoms with E-state index >= 15 is 0 Å². The molecule has 0 amide bonds. The number of benzene rings is 1. The molecule has 1 aliphatic heterocycles. The molecule has 0 atom stereocenters. The lowest BCUT2D eigenvalue weighted by atomic mass is 9.95. The molecule has 1 saturated heterocycles. The fourth-order valence-electron chi connectivity index (χ4n) is 2.69. The van der Waals surface area contributed by atoms with E-state index in [1.807, 2.05) is 24.4 Å². The molecule has 0 unspecified atom stereocenters. The van der Waals surface area contributed by atoms with Gasteiger partial charge >= 0.3 is 0 Å². The van der Waals surface area contributed by atoms with Gasteiger partial charge in [-0.05, 0) is 5.56 Å². The number of ether oxygens (including phenoxy) is 2. The van der Waals surface area contributed by atoms with E-state index in [4.69, 9.17) is 21.7 Å². The number of aromatic nitrogens is 1. The van der Waals surface area contributed by atoms with Crippen LogP contribution in [-0.4, -0.2) is 30.2 Å². The maximum Gasteiger partial charge on any atom is 0.125 e. The van der Waals surface area contributed by atoms with E-state index in [0.717, 1.165) is 47.9 Å². The summed E-state index contributed by atoms with van der Waals surface area (Å²) in [6, 6.07) is 10.1. The van der Waals surface area contributed by atoms with Crippen LogP contribution in [0.15, 0.2) is 36.5 Å². The highest BCUT2D eigenvalue weighted by Gasteiger charge is 2.37.